The average Bonchev–Trinajstić information content (AvgIpc) is 2.94. The molecule has 0 aliphatic heterocycles. The van der Waals surface area contributed by atoms with Crippen LogP contribution in [0.3, 0.4) is 0 Å². The normalized spacial score (nSPS) is 11.0. The van der Waals surface area contributed by atoms with Gasteiger partial charge < -0.3 is 15.0 Å². The van der Waals surface area contributed by atoms with Gasteiger partial charge >= 0.3 is 0 Å². The van der Waals surface area contributed by atoms with Gasteiger partial charge in [-0.15, -0.1) is 0 Å². The van der Waals surface area contributed by atoms with Crippen molar-refractivity contribution in [2.24, 2.45) is 0 Å². The number of halogens is 2. The van der Waals surface area contributed by atoms with Gasteiger partial charge in [-0.1, -0.05) is 24.3 Å². The van der Waals surface area contributed by atoms with E-state index in [1.165, 1.54) is 0 Å². The highest BCUT2D eigenvalue weighted by Gasteiger charge is 2.05. The number of anilines is 1. The molecule has 0 aliphatic rings. The standard InChI is InChI=1S/C16H15F2N3O/c17-15(18)10-22-12-5-3-4-11(8-12)9-19-16-20-13-6-1-2-7-14(13)21-16/h1-8,15H,9-10H2,(H2,19,20,21). The second-order valence-electron chi connectivity index (χ2n) is 4.81. The lowest BCUT2D eigenvalue weighted by molar-refractivity contribution is 0.0818. The monoisotopic (exact) mass is 303 g/mol. The van der Waals surface area contributed by atoms with Gasteiger partial charge in [0.25, 0.3) is 6.43 Å². The Kier molecular flexibility index (Phi) is 4.18. The molecule has 3 aromatic rings. The zero-order valence-electron chi connectivity index (χ0n) is 11.7. The first-order valence-corrected chi connectivity index (χ1v) is 6.89. The van der Waals surface area contributed by atoms with Crippen LogP contribution in [0.25, 0.3) is 11.0 Å². The van der Waals surface area contributed by atoms with Crippen molar-refractivity contribution < 1.29 is 13.5 Å². The van der Waals surface area contributed by atoms with Crippen LogP contribution in [0, 0.1) is 0 Å². The lowest BCUT2D eigenvalue weighted by Gasteiger charge is -2.08. The fourth-order valence-electron chi connectivity index (χ4n) is 2.13. The molecule has 0 spiro atoms. The number of H-pyrrole nitrogens is 1. The van der Waals surface area contributed by atoms with Gasteiger partial charge in [-0.05, 0) is 29.8 Å². The molecule has 0 fully saturated rings. The van der Waals surface area contributed by atoms with E-state index in [1.54, 1.807) is 18.2 Å². The van der Waals surface area contributed by atoms with E-state index < -0.39 is 13.0 Å². The molecule has 0 aliphatic carbocycles. The van der Waals surface area contributed by atoms with E-state index in [-0.39, 0.29) is 0 Å². The molecule has 1 aromatic heterocycles. The molecular weight excluding hydrogens is 288 g/mol. The summed E-state index contributed by atoms with van der Waals surface area (Å²) in [6.45, 7) is -0.0772. The molecule has 0 amide bonds. The second-order valence-corrected chi connectivity index (χ2v) is 4.81. The lowest BCUT2D eigenvalue weighted by atomic mass is 10.2. The smallest absolute Gasteiger partial charge is 0.272 e. The summed E-state index contributed by atoms with van der Waals surface area (Å²) in [6, 6.07) is 14.8. The number of para-hydroxylation sites is 2. The molecule has 0 saturated carbocycles. The minimum Gasteiger partial charge on any atom is -0.488 e. The number of ether oxygens (including phenoxy) is 1. The van der Waals surface area contributed by atoms with Gasteiger partial charge in [-0.3, -0.25) is 0 Å². The van der Waals surface area contributed by atoms with Crippen molar-refractivity contribution in [1.82, 2.24) is 9.97 Å². The van der Waals surface area contributed by atoms with Crippen molar-refractivity contribution in [3.05, 3.63) is 54.1 Å². The van der Waals surface area contributed by atoms with Crippen LogP contribution in [0.4, 0.5) is 14.7 Å². The highest BCUT2D eigenvalue weighted by Crippen LogP contribution is 2.17. The first-order valence-electron chi connectivity index (χ1n) is 6.89. The van der Waals surface area contributed by atoms with Crippen LogP contribution in [-0.4, -0.2) is 23.0 Å². The van der Waals surface area contributed by atoms with Gasteiger partial charge in [0.05, 0.1) is 11.0 Å². The van der Waals surface area contributed by atoms with Gasteiger partial charge in [0, 0.05) is 6.54 Å². The lowest BCUT2D eigenvalue weighted by Crippen LogP contribution is -2.07. The van der Waals surface area contributed by atoms with Crippen LogP contribution in [0.2, 0.25) is 0 Å². The summed E-state index contributed by atoms with van der Waals surface area (Å²) < 4.78 is 29.3. The third-order valence-electron chi connectivity index (χ3n) is 3.12. The number of fused-ring (bicyclic) bond motifs is 1. The van der Waals surface area contributed by atoms with E-state index in [1.807, 2.05) is 30.3 Å². The van der Waals surface area contributed by atoms with Crippen LogP contribution >= 0.6 is 0 Å². The molecule has 22 heavy (non-hydrogen) atoms. The van der Waals surface area contributed by atoms with E-state index in [9.17, 15) is 8.78 Å². The minimum absolute atomic E-state index is 0.434. The zero-order valence-corrected chi connectivity index (χ0v) is 11.7. The Morgan fingerprint density at radius 2 is 2.00 bits per heavy atom. The average molecular weight is 303 g/mol. The van der Waals surface area contributed by atoms with E-state index in [0.29, 0.717) is 18.2 Å². The summed E-state index contributed by atoms with van der Waals surface area (Å²) in [5.41, 5.74) is 2.77. The number of rotatable bonds is 6. The molecule has 0 bridgehead atoms. The van der Waals surface area contributed by atoms with Crippen LogP contribution in [0.1, 0.15) is 5.56 Å². The van der Waals surface area contributed by atoms with Crippen molar-refractivity contribution in [3.63, 3.8) is 0 Å². The topological polar surface area (TPSA) is 49.9 Å². The number of imidazole rings is 1. The van der Waals surface area contributed by atoms with Crippen molar-refractivity contribution in [3.8, 4) is 5.75 Å². The Bertz CT molecular complexity index is 725. The zero-order chi connectivity index (χ0) is 15.4. The van der Waals surface area contributed by atoms with Crippen molar-refractivity contribution in [2.45, 2.75) is 13.0 Å². The number of aromatic amines is 1. The first-order chi connectivity index (χ1) is 10.7. The molecule has 4 nitrogen and oxygen atoms in total. The van der Waals surface area contributed by atoms with Gasteiger partial charge in [0.1, 0.15) is 12.4 Å². The summed E-state index contributed by atoms with van der Waals surface area (Å²) in [4.78, 5) is 7.58. The molecule has 0 radical (unpaired) electrons. The Hall–Kier alpha value is -2.63. The summed E-state index contributed by atoms with van der Waals surface area (Å²) in [7, 11) is 0. The fraction of sp³-hybridized carbons (Fsp3) is 0.188. The maximum Gasteiger partial charge on any atom is 0.272 e. The number of benzene rings is 2. The third kappa shape index (κ3) is 3.52. The quantitative estimate of drug-likeness (QED) is 0.728. The maximum absolute atomic E-state index is 12.1. The molecule has 2 N–H and O–H groups in total. The molecule has 2 aromatic carbocycles. The minimum atomic E-state index is -2.47. The van der Waals surface area contributed by atoms with Crippen LogP contribution in [0.15, 0.2) is 48.5 Å². The predicted molar refractivity (Wildman–Crippen MR) is 81.4 cm³/mol. The molecule has 0 atom stereocenters. The van der Waals surface area contributed by atoms with Gasteiger partial charge in [0.15, 0.2) is 0 Å². The highest BCUT2D eigenvalue weighted by molar-refractivity contribution is 5.77. The van der Waals surface area contributed by atoms with Crippen molar-refractivity contribution in [2.75, 3.05) is 11.9 Å². The molecule has 0 saturated heterocycles. The number of nitrogens with zero attached hydrogens (tertiary/aromatic N) is 1. The molecular formula is C16H15F2N3O. The fourth-order valence-corrected chi connectivity index (χ4v) is 2.13. The van der Waals surface area contributed by atoms with Crippen molar-refractivity contribution >= 4 is 17.0 Å². The molecule has 6 heteroatoms. The van der Waals surface area contributed by atoms with Gasteiger partial charge in [-0.25, -0.2) is 13.8 Å². The van der Waals surface area contributed by atoms with Crippen LogP contribution in [0.5, 0.6) is 5.75 Å². The van der Waals surface area contributed by atoms with Gasteiger partial charge in [-0.2, -0.15) is 0 Å². The Labute approximate surface area is 126 Å². The first kappa shape index (κ1) is 14.3. The molecule has 1 heterocycles. The van der Waals surface area contributed by atoms with E-state index in [0.717, 1.165) is 16.6 Å². The summed E-state index contributed by atoms with van der Waals surface area (Å²) >= 11 is 0. The second kappa shape index (κ2) is 6.43. The molecule has 3 rings (SSSR count). The Morgan fingerprint density at radius 1 is 1.14 bits per heavy atom. The summed E-state index contributed by atoms with van der Waals surface area (Å²) in [5.74, 6) is 1.10. The highest BCUT2D eigenvalue weighted by atomic mass is 19.3. The number of aromatic nitrogens is 2. The summed E-state index contributed by atoms with van der Waals surface area (Å²) in [5, 5.41) is 3.17. The Morgan fingerprint density at radius 3 is 2.82 bits per heavy atom. The largest absolute Gasteiger partial charge is 0.488 e. The maximum atomic E-state index is 12.1. The molecule has 114 valence electrons. The van der Waals surface area contributed by atoms with Gasteiger partial charge in [0.2, 0.25) is 5.95 Å². The number of hydrogen-bond acceptors (Lipinski definition) is 3. The number of hydrogen-bond donors (Lipinski definition) is 2. The molecule has 0 unspecified atom stereocenters. The van der Waals surface area contributed by atoms with Crippen LogP contribution < -0.4 is 10.1 Å². The number of nitrogens with one attached hydrogen (secondary N) is 2. The third-order valence-corrected chi connectivity index (χ3v) is 3.12. The Balaban J connectivity index is 1.64. The number of alkyl halides is 2. The van der Waals surface area contributed by atoms with Crippen molar-refractivity contribution in [1.29, 1.82) is 0 Å². The predicted octanol–water partition coefficient (Wildman–Crippen LogP) is 3.82. The summed E-state index contributed by atoms with van der Waals surface area (Å²) in [6.07, 6.45) is -2.47. The van der Waals surface area contributed by atoms with E-state index in [2.05, 4.69) is 15.3 Å². The SMILES string of the molecule is FC(F)COc1cccc(CNc2nc3ccccc3[nH]2)c1. The van der Waals surface area contributed by atoms with Crippen LogP contribution in [-0.2, 0) is 6.54 Å². The van der Waals surface area contributed by atoms with E-state index >= 15 is 0 Å². The van der Waals surface area contributed by atoms with E-state index in [4.69, 9.17) is 4.74 Å².